The molecule has 21 heavy (non-hydrogen) atoms. The lowest BCUT2D eigenvalue weighted by Gasteiger charge is -2.10. The van der Waals surface area contributed by atoms with Gasteiger partial charge in [0, 0.05) is 18.8 Å². The van der Waals surface area contributed by atoms with Crippen LogP contribution in [0.1, 0.15) is 25.8 Å². The second kappa shape index (κ2) is 8.15. The highest BCUT2D eigenvalue weighted by atomic mass is 16.5. The Morgan fingerprint density at radius 1 is 1.05 bits per heavy atom. The first-order chi connectivity index (χ1) is 10.3. The first-order valence-corrected chi connectivity index (χ1v) is 7.36. The van der Waals surface area contributed by atoms with Crippen LogP contribution < -0.4 is 14.8 Å². The summed E-state index contributed by atoms with van der Waals surface area (Å²) in [7, 11) is 0. The van der Waals surface area contributed by atoms with Gasteiger partial charge < -0.3 is 14.8 Å². The van der Waals surface area contributed by atoms with Gasteiger partial charge in [0.1, 0.15) is 23.9 Å². The van der Waals surface area contributed by atoms with Crippen LogP contribution in [0.5, 0.6) is 11.5 Å². The summed E-state index contributed by atoms with van der Waals surface area (Å²) in [4.78, 5) is 4.28. The standard InChI is InChI=1S/C17H22N2O2/c1-3-9-18-17-11-14(8-10-19-17)13-21-16-7-5-6-15(12-16)20-4-2/h5-8,10-12H,3-4,9,13H2,1-2H3,(H,18,19). The predicted molar refractivity (Wildman–Crippen MR) is 85.0 cm³/mol. The van der Waals surface area contributed by atoms with Gasteiger partial charge >= 0.3 is 0 Å². The van der Waals surface area contributed by atoms with E-state index in [0.717, 1.165) is 35.8 Å². The third-order valence-corrected chi connectivity index (χ3v) is 2.90. The third kappa shape index (κ3) is 4.99. The van der Waals surface area contributed by atoms with Crippen molar-refractivity contribution >= 4 is 5.82 Å². The Kier molecular flexibility index (Phi) is 5.88. The molecule has 0 unspecified atom stereocenters. The van der Waals surface area contributed by atoms with Gasteiger partial charge in [-0.15, -0.1) is 0 Å². The van der Waals surface area contributed by atoms with E-state index in [1.807, 2.05) is 43.3 Å². The molecule has 4 heteroatoms. The van der Waals surface area contributed by atoms with E-state index in [1.165, 1.54) is 0 Å². The summed E-state index contributed by atoms with van der Waals surface area (Å²) in [6.07, 6.45) is 2.87. The first-order valence-electron chi connectivity index (χ1n) is 7.36. The average Bonchev–Trinajstić information content (AvgIpc) is 2.52. The monoisotopic (exact) mass is 286 g/mol. The highest BCUT2D eigenvalue weighted by Gasteiger charge is 2.00. The van der Waals surface area contributed by atoms with Crippen LogP contribution in [-0.2, 0) is 6.61 Å². The molecule has 0 aliphatic carbocycles. The predicted octanol–water partition coefficient (Wildman–Crippen LogP) is 3.88. The van der Waals surface area contributed by atoms with Crippen LogP contribution in [0.25, 0.3) is 0 Å². The van der Waals surface area contributed by atoms with Gasteiger partial charge in [-0.1, -0.05) is 13.0 Å². The number of ether oxygens (including phenoxy) is 2. The maximum absolute atomic E-state index is 5.80. The number of rotatable bonds is 8. The Morgan fingerprint density at radius 3 is 2.62 bits per heavy atom. The molecule has 1 heterocycles. The number of hydrogen-bond acceptors (Lipinski definition) is 4. The van der Waals surface area contributed by atoms with E-state index in [4.69, 9.17) is 9.47 Å². The van der Waals surface area contributed by atoms with E-state index in [0.29, 0.717) is 13.2 Å². The Hall–Kier alpha value is -2.23. The van der Waals surface area contributed by atoms with Gasteiger partial charge in [-0.05, 0) is 43.2 Å². The summed E-state index contributed by atoms with van der Waals surface area (Å²) in [5, 5.41) is 3.27. The Bertz CT molecular complexity index is 558. The first kappa shape index (κ1) is 15.2. The van der Waals surface area contributed by atoms with Gasteiger partial charge in [0.2, 0.25) is 0 Å². The van der Waals surface area contributed by atoms with Crippen molar-refractivity contribution in [3.05, 3.63) is 48.2 Å². The van der Waals surface area contributed by atoms with E-state index in [-0.39, 0.29) is 0 Å². The van der Waals surface area contributed by atoms with Crippen LogP contribution >= 0.6 is 0 Å². The minimum Gasteiger partial charge on any atom is -0.494 e. The maximum Gasteiger partial charge on any atom is 0.126 e. The molecule has 1 N–H and O–H groups in total. The zero-order valence-electron chi connectivity index (χ0n) is 12.6. The van der Waals surface area contributed by atoms with Crippen LogP contribution in [0.15, 0.2) is 42.6 Å². The minimum atomic E-state index is 0.513. The van der Waals surface area contributed by atoms with Crippen LogP contribution in [-0.4, -0.2) is 18.1 Å². The molecule has 0 aliphatic rings. The van der Waals surface area contributed by atoms with Gasteiger partial charge in [0.15, 0.2) is 0 Å². The van der Waals surface area contributed by atoms with E-state index in [2.05, 4.69) is 17.2 Å². The molecule has 0 aliphatic heterocycles. The number of pyridine rings is 1. The van der Waals surface area contributed by atoms with Gasteiger partial charge in [0.25, 0.3) is 0 Å². The summed E-state index contributed by atoms with van der Waals surface area (Å²) in [5.74, 6) is 2.52. The fourth-order valence-electron chi connectivity index (χ4n) is 1.90. The molecule has 1 aromatic carbocycles. The van der Waals surface area contributed by atoms with Gasteiger partial charge in [-0.2, -0.15) is 0 Å². The quantitative estimate of drug-likeness (QED) is 0.799. The van der Waals surface area contributed by atoms with E-state index < -0.39 is 0 Å². The SMILES string of the molecule is CCCNc1cc(COc2cccc(OCC)c2)ccn1. The Labute approximate surface area is 126 Å². The molecule has 2 aromatic rings. The highest BCUT2D eigenvalue weighted by Crippen LogP contribution is 2.20. The Balaban J connectivity index is 1.94. The van der Waals surface area contributed by atoms with Crippen molar-refractivity contribution in [2.75, 3.05) is 18.5 Å². The number of hydrogen-bond donors (Lipinski definition) is 1. The summed E-state index contributed by atoms with van der Waals surface area (Å²) < 4.78 is 11.3. The summed E-state index contributed by atoms with van der Waals surface area (Å²) in [5.41, 5.74) is 1.09. The van der Waals surface area contributed by atoms with Crippen LogP contribution in [0.3, 0.4) is 0 Å². The third-order valence-electron chi connectivity index (χ3n) is 2.90. The van der Waals surface area contributed by atoms with Crippen molar-refractivity contribution in [1.82, 2.24) is 4.98 Å². The van der Waals surface area contributed by atoms with Gasteiger partial charge in [0.05, 0.1) is 6.61 Å². The molecule has 0 radical (unpaired) electrons. The molecule has 0 spiro atoms. The number of nitrogens with one attached hydrogen (secondary N) is 1. The lowest BCUT2D eigenvalue weighted by Crippen LogP contribution is -2.03. The fraction of sp³-hybridized carbons (Fsp3) is 0.353. The largest absolute Gasteiger partial charge is 0.494 e. The van der Waals surface area contributed by atoms with Gasteiger partial charge in [-0.25, -0.2) is 4.98 Å². The van der Waals surface area contributed by atoms with Crippen molar-refractivity contribution in [3.63, 3.8) is 0 Å². The zero-order chi connectivity index (χ0) is 14.9. The number of anilines is 1. The van der Waals surface area contributed by atoms with Crippen molar-refractivity contribution in [2.45, 2.75) is 26.9 Å². The second-order valence-electron chi connectivity index (χ2n) is 4.67. The molecular formula is C17H22N2O2. The molecular weight excluding hydrogens is 264 g/mol. The smallest absolute Gasteiger partial charge is 0.126 e. The van der Waals surface area contributed by atoms with E-state index in [1.54, 1.807) is 6.20 Å². The molecule has 4 nitrogen and oxygen atoms in total. The zero-order valence-corrected chi connectivity index (χ0v) is 12.6. The van der Waals surface area contributed by atoms with Crippen molar-refractivity contribution in [2.24, 2.45) is 0 Å². The topological polar surface area (TPSA) is 43.4 Å². The molecule has 0 bridgehead atoms. The number of aromatic nitrogens is 1. The van der Waals surface area contributed by atoms with E-state index >= 15 is 0 Å². The van der Waals surface area contributed by atoms with Crippen molar-refractivity contribution < 1.29 is 9.47 Å². The van der Waals surface area contributed by atoms with Crippen LogP contribution in [0.4, 0.5) is 5.82 Å². The molecule has 1 aromatic heterocycles. The molecule has 0 amide bonds. The van der Waals surface area contributed by atoms with Crippen molar-refractivity contribution in [1.29, 1.82) is 0 Å². The molecule has 0 saturated carbocycles. The molecule has 2 rings (SSSR count). The van der Waals surface area contributed by atoms with Crippen molar-refractivity contribution in [3.8, 4) is 11.5 Å². The summed E-state index contributed by atoms with van der Waals surface area (Å²) in [6, 6.07) is 11.7. The average molecular weight is 286 g/mol. The number of nitrogens with zero attached hydrogens (tertiary/aromatic N) is 1. The second-order valence-corrected chi connectivity index (χ2v) is 4.67. The van der Waals surface area contributed by atoms with Gasteiger partial charge in [-0.3, -0.25) is 0 Å². The molecule has 112 valence electrons. The molecule has 0 fully saturated rings. The lowest BCUT2D eigenvalue weighted by molar-refractivity contribution is 0.299. The normalized spacial score (nSPS) is 10.2. The Morgan fingerprint density at radius 2 is 1.86 bits per heavy atom. The molecule has 0 saturated heterocycles. The van der Waals surface area contributed by atoms with Crippen LogP contribution in [0, 0.1) is 0 Å². The van der Waals surface area contributed by atoms with Crippen LogP contribution in [0.2, 0.25) is 0 Å². The number of benzene rings is 1. The summed E-state index contributed by atoms with van der Waals surface area (Å²) in [6.45, 7) is 6.19. The van der Waals surface area contributed by atoms with E-state index in [9.17, 15) is 0 Å². The fourth-order valence-corrected chi connectivity index (χ4v) is 1.90. The highest BCUT2D eigenvalue weighted by molar-refractivity contribution is 5.38. The minimum absolute atomic E-state index is 0.513. The lowest BCUT2D eigenvalue weighted by atomic mass is 10.2. The maximum atomic E-state index is 5.80. The molecule has 0 atom stereocenters. The summed E-state index contributed by atoms with van der Waals surface area (Å²) >= 11 is 0.